The van der Waals surface area contributed by atoms with E-state index in [2.05, 4.69) is 36.9 Å². The Balaban J connectivity index is 2.04. The second-order valence-corrected chi connectivity index (χ2v) is 4.57. The Bertz CT molecular complexity index is 343. The molecular formula is C14H21NO. The van der Waals surface area contributed by atoms with Crippen molar-refractivity contribution in [1.82, 2.24) is 4.90 Å². The van der Waals surface area contributed by atoms with E-state index in [9.17, 15) is 0 Å². The summed E-state index contributed by atoms with van der Waals surface area (Å²) in [5.74, 6) is 0. The molecule has 2 heteroatoms. The topological polar surface area (TPSA) is 12.5 Å². The van der Waals surface area contributed by atoms with E-state index in [1.807, 2.05) is 0 Å². The van der Waals surface area contributed by atoms with Crippen LogP contribution in [0.2, 0.25) is 0 Å². The van der Waals surface area contributed by atoms with E-state index >= 15 is 0 Å². The molecule has 0 N–H and O–H groups in total. The molecule has 1 aliphatic rings. The molecule has 1 aromatic rings. The summed E-state index contributed by atoms with van der Waals surface area (Å²) in [5, 5.41) is 0. The van der Waals surface area contributed by atoms with Gasteiger partial charge in [-0.1, -0.05) is 30.7 Å². The minimum atomic E-state index is 0.881. The predicted octanol–water partition coefficient (Wildman–Crippen LogP) is 2.39. The van der Waals surface area contributed by atoms with Gasteiger partial charge in [-0.15, -0.1) is 0 Å². The van der Waals surface area contributed by atoms with Gasteiger partial charge in [-0.3, -0.25) is 4.90 Å². The third kappa shape index (κ3) is 3.06. The lowest BCUT2D eigenvalue weighted by atomic mass is 10.0. The van der Waals surface area contributed by atoms with Crippen molar-refractivity contribution >= 4 is 0 Å². The first-order valence-electron chi connectivity index (χ1n) is 6.17. The molecule has 1 saturated heterocycles. The molecule has 1 aromatic carbocycles. The molecule has 0 bridgehead atoms. The summed E-state index contributed by atoms with van der Waals surface area (Å²) >= 11 is 0. The largest absolute Gasteiger partial charge is 0.379 e. The smallest absolute Gasteiger partial charge is 0.0594 e. The molecule has 0 atom stereocenters. The molecule has 2 nitrogen and oxygen atoms in total. The third-order valence-corrected chi connectivity index (χ3v) is 3.12. The average molecular weight is 219 g/mol. The maximum absolute atomic E-state index is 5.36. The summed E-state index contributed by atoms with van der Waals surface area (Å²) in [6.07, 6.45) is 1.12. The van der Waals surface area contributed by atoms with Crippen molar-refractivity contribution in [2.24, 2.45) is 0 Å². The fourth-order valence-electron chi connectivity index (χ4n) is 2.26. The zero-order valence-corrected chi connectivity index (χ0v) is 10.3. The molecule has 0 unspecified atom stereocenters. The van der Waals surface area contributed by atoms with Crippen LogP contribution in [0.3, 0.4) is 0 Å². The summed E-state index contributed by atoms with van der Waals surface area (Å²) in [7, 11) is 0. The monoisotopic (exact) mass is 219 g/mol. The first-order chi connectivity index (χ1) is 7.78. The van der Waals surface area contributed by atoms with E-state index in [0.29, 0.717) is 0 Å². The molecule has 1 aliphatic heterocycles. The lowest BCUT2D eigenvalue weighted by Crippen LogP contribution is -2.35. The molecular weight excluding hydrogens is 198 g/mol. The molecule has 16 heavy (non-hydrogen) atoms. The lowest BCUT2D eigenvalue weighted by molar-refractivity contribution is 0.0342. The van der Waals surface area contributed by atoms with Gasteiger partial charge < -0.3 is 4.74 Å². The van der Waals surface area contributed by atoms with Gasteiger partial charge in [0.25, 0.3) is 0 Å². The number of nitrogens with zero attached hydrogens (tertiary/aromatic N) is 1. The number of rotatable bonds is 3. The molecule has 0 aliphatic carbocycles. The summed E-state index contributed by atoms with van der Waals surface area (Å²) in [5.41, 5.74) is 4.27. The highest BCUT2D eigenvalue weighted by atomic mass is 16.5. The van der Waals surface area contributed by atoms with Crippen molar-refractivity contribution < 1.29 is 4.74 Å². The summed E-state index contributed by atoms with van der Waals surface area (Å²) in [6.45, 7) is 9.36. The van der Waals surface area contributed by atoms with Crippen LogP contribution < -0.4 is 0 Å². The van der Waals surface area contributed by atoms with Crippen LogP contribution in [0.4, 0.5) is 0 Å². The van der Waals surface area contributed by atoms with Gasteiger partial charge in [0, 0.05) is 19.6 Å². The number of aryl methyl sites for hydroxylation is 2. The maximum Gasteiger partial charge on any atom is 0.0594 e. The SMILES string of the molecule is CCc1cc(C)cc(CN2CCOCC2)c1. The highest BCUT2D eigenvalue weighted by Gasteiger charge is 2.10. The van der Waals surface area contributed by atoms with Gasteiger partial charge in [-0.25, -0.2) is 0 Å². The van der Waals surface area contributed by atoms with E-state index in [0.717, 1.165) is 39.3 Å². The second kappa shape index (κ2) is 5.46. The lowest BCUT2D eigenvalue weighted by Gasteiger charge is -2.26. The maximum atomic E-state index is 5.36. The number of benzene rings is 1. The zero-order valence-electron chi connectivity index (χ0n) is 10.3. The highest BCUT2D eigenvalue weighted by Crippen LogP contribution is 2.13. The summed E-state index contributed by atoms with van der Waals surface area (Å²) in [4.78, 5) is 2.47. The number of hydrogen-bond donors (Lipinski definition) is 0. The third-order valence-electron chi connectivity index (χ3n) is 3.12. The van der Waals surface area contributed by atoms with Gasteiger partial charge >= 0.3 is 0 Å². The zero-order chi connectivity index (χ0) is 11.4. The fourth-order valence-corrected chi connectivity index (χ4v) is 2.26. The van der Waals surface area contributed by atoms with E-state index in [-0.39, 0.29) is 0 Å². The van der Waals surface area contributed by atoms with Crippen LogP contribution in [0.15, 0.2) is 18.2 Å². The first kappa shape index (κ1) is 11.6. The number of hydrogen-bond acceptors (Lipinski definition) is 2. The van der Waals surface area contributed by atoms with E-state index in [4.69, 9.17) is 4.74 Å². The van der Waals surface area contributed by atoms with Gasteiger partial charge in [0.2, 0.25) is 0 Å². The highest BCUT2D eigenvalue weighted by molar-refractivity contribution is 5.29. The Morgan fingerprint density at radius 2 is 1.81 bits per heavy atom. The van der Waals surface area contributed by atoms with Crippen molar-refractivity contribution in [2.75, 3.05) is 26.3 Å². The van der Waals surface area contributed by atoms with Crippen molar-refractivity contribution in [1.29, 1.82) is 0 Å². The van der Waals surface area contributed by atoms with Crippen molar-refractivity contribution in [3.05, 3.63) is 34.9 Å². The standard InChI is InChI=1S/C14H21NO/c1-3-13-8-12(2)9-14(10-13)11-15-4-6-16-7-5-15/h8-10H,3-7,11H2,1-2H3. The Hall–Kier alpha value is -0.860. The molecule has 0 radical (unpaired) electrons. The number of morpholine rings is 1. The van der Waals surface area contributed by atoms with Gasteiger partial charge in [-0.05, 0) is 24.5 Å². The molecule has 2 rings (SSSR count). The second-order valence-electron chi connectivity index (χ2n) is 4.57. The van der Waals surface area contributed by atoms with Gasteiger partial charge in [0.1, 0.15) is 0 Å². The molecule has 0 spiro atoms. The average Bonchev–Trinajstić information content (AvgIpc) is 2.29. The predicted molar refractivity (Wildman–Crippen MR) is 66.7 cm³/mol. The Morgan fingerprint density at radius 1 is 1.12 bits per heavy atom. The van der Waals surface area contributed by atoms with E-state index in [1.54, 1.807) is 0 Å². The van der Waals surface area contributed by atoms with E-state index < -0.39 is 0 Å². The normalized spacial score (nSPS) is 17.6. The summed E-state index contributed by atoms with van der Waals surface area (Å²) < 4.78 is 5.36. The van der Waals surface area contributed by atoms with Crippen LogP contribution in [-0.2, 0) is 17.7 Å². The Kier molecular flexibility index (Phi) is 3.97. The van der Waals surface area contributed by atoms with Crippen LogP contribution in [0.5, 0.6) is 0 Å². The van der Waals surface area contributed by atoms with Gasteiger partial charge in [-0.2, -0.15) is 0 Å². The molecule has 88 valence electrons. The van der Waals surface area contributed by atoms with Crippen LogP contribution in [-0.4, -0.2) is 31.2 Å². The van der Waals surface area contributed by atoms with Crippen LogP contribution in [0, 0.1) is 6.92 Å². The van der Waals surface area contributed by atoms with E-state index in [1.165, 1.54) is 16.7 Å². The van der Waals surface area contributed by atoms with Crippen LogP contribution in [0.1, 0.15) is 23.6 Å². The quantitative estimate of drug-likeness (QED) is 0.774. The Morgan fingerprint density at radius 3 is 2.50 bits per heavy atom. The van der Waals surface area contributed by atoms with Crippen LogP contribution >= 0.6 is 0 Å². The van der Waals surface area contributed by atoms with Gasteiger partial charge in [0.15, 0.2) is 0 Å². The molecule has 0 aromatic heterocycles. The van der Waals surface area contributed by atoms with Crippen molar-refractivity contribution in [3.63, 3.8) is 0 Å². The first-order valence-corrected chi connectivity index (χ1v) is 6.17. The molecule has 0 saturated carbocycles. The molecule has 0 amide bonds. The van der Waals surface area contributed by atoms with Gasteiger partial charge in [0.05, 0.1) is 13.2 Å². The minimum Gasteiger partial charge on any atom is -0.379 e. The Labute approximate surface area is 98.2 Å². The molecule has 1 fully saturated rings. The summed E-state index contributed by atoms with van der Waals surface area (Å²) in [6, 6.07) is 6.92. The van der Waals surface area contributed by atoms with Crippen molar-refractivity contribution in [3.8, 4) is 0 Å². The number of ether oxygens (including phenoxy) is 1. The minimum absolute atomic E-state index is 0.881. The van der Waals surface area contributed by atoms with Crippen molar-refractivity contribution in [2.45, 2.75) is 26.8 Å². The fraction of sp³-hybridized carbons (Fsp3) is 0.571. The molecule has 1 heterocycles. The van der Waals surface area contributed by atoms with Crippen LogP contribution in [0.25, 0.3) is 0 Å².